The number of anilines is 1. The highest BCUT2D eigenvalue weighted by Gasteiger charge is 2.24. The molecule has 0 spiro atoms. The standard InChI is InChI=1S/C18H21N3O2S/c1-12-15(7-4-9-19-12)20-18(23)14-5-2-3-6-16(14)21-17(22)13-8-10-24-11-13/h2-3,5-6,8,10-12,15,19H,4,7,9H2,1H3,(H,20,23)(H,21,22). The van der Waals surface area contributed by atoms with Crippen LogP contribution in [0.2, 0.25) is 0 Å². The summed E-state index contributed by atoms with van der Waals surface area (Å²) in [6, 6.07) is 9.21. The van der Waals surface area contributed by atoms with Crippen LogP contribution in [0.5, 0.6) is 0 Å². The minimum absolute atomic E-state index is 0.104. The first-order valence-corrected chi connectivity index (χ1v) is 9.06. The SMILES string of the molecule is CC1NCCCC1NC(=O)c1ccccc1NC(=O)c1ccsc1. The number of carbonyl (C=O) groups is 2. The highest BCUT2D eigenvalue weighted by molar-refractivity contribution is 7.08. The Morgan fingerprint density at radius 1 is 1.21 bits per heavy atom. The Bertz CT molecular complexity index is 715. The molecule has 24 heavy (non-hydrogen) atoms. The maximum absolute atomic E-state index is 12.7. The summed E-state index contributed by atoms with van der Waals surface area (Å²) in [4.78, 5) is 24.9. The fourth-order valence-corrected chi connectivity index (χ4v) is 3.50. The van der Waals surface area contributed by atoms with Crippen LogP contribution < -0.4 is 16.0 Å². The Balaban J connectivity index is 1.73. The number of benzene rings is 1. The summed E-state index contributed by atoms with van der Waals surface area (Å²) in [5.41, 5.74) is 1.61. The third kappa shape index (κ3) is 3.83. The van der Waals surface area contributed by atoms with Crippen molar-refractivity contribution in [1.29, 1.82) is 0 Å². The van der Waals surface area contributed by atoms with Gasteiger partial charge in [0.25, 0.3) is 11.8 Å². The molecule has 2 heterocycles. The van der Waals surface area contributed by atoms with Gasteiger partial charge in [-0.05, 0) is 49.9 Å². The summed E-state index contributed by atoms with van der Waals surface area (Å²) in [6.07, 6.45) is 2.01. The second kappa shape index (κ2) is 7.59. The zero-order valence-electron chi connectivity index (χ0n) is 13.5. The fraction of sp³-hybridized carbons (Fsp3) is 0.333. The van der Waals surface area contributed by atoms with E-state index in [0.29, 0.717) is 16.8 Å². The Labute approximate surface area is 145 Å². The molecule has 126 valence electrons. The second-order valence-electron chi connectivity index (χ2n) is 5.98. The quantitative estimate of drug-likeness (QED) is 0.799. The molecule has 0 saturated carbocycles. The van der Waals surface area contributed by atoms with Gasteiger partial charge >= 0.3 is 0 Å². The van der Waals surface area contributed by atoms with Gasteiger partial charge in [-0.15, -0.1) is 0 Å². The first-order valence-electron chi connectivity index (χ1n) is 8.12. The van der Waals surface area contributed by atoms with Crippen LogP contribution in [0.15, 0.2) is 41.1 Å². The highest BCUT2D eigenvalue weighted by atomic mass is 32.1. The van der Waals surface area contributed by atoms with Crippen LogP contribution >= 0.6 is 11.3 Å². The number of piperidine rings is 1. The zero-order chi connectivity index (χ0) is 16.9. The molecule has 1 fully saturated rings. The van der Waals surface area contributed by atoms with Crippen molar-refractivity contribution in [2.75, 3.05) is 11.9 Å². The van der Waals surface area contributed by atoms with Crippen LogP contribution in [0, 0.1) is 0 Å². The molecule has 1 aliphatic heterocycles. The average molecular weight is 343 g/mol. The van der Waals surface area contributed by atoms with Crippen molar-refractivity contribution in [3.8, 4) is 0 Å². The molecule has 0 bridgehead atoms. The van der Waals surface area contributed by atoms with E-state index in [0.717, 1.165) is 19.4 Å². The van der Waals surface area contributed by atoms with E-state index in [1.54, 1.807) is 29.6 Å². The molecule has 2 atom stereocenters. The minimum Gasteiger partial charge on any atom is -0.348 e. The van der Waals surface area contributed by atoms with Crippen molar-refractivity contribution in [2.24, 2.45) is 0 Å². The molecule has 0 aliphatic carbocycles. The highest BCUT2D eigenvalue weighted by Crippen LogP contribution is 2.18. The topological polar surface area (TPSA) is 70.2 Å². The number of para-hydroxylation sites is 1. The Kier molecular flexibility index (Phi) is 5.27. The van der Waals surface area contributed by atoms with Gasteiger partial charge in [-0.3, -0.25) is 9.59 Å². The third-order valence-electron chi connectivity index (χ3n) is 4.28. The van der Waals surface area contributed by atoms with Gasteiger partial charge in [0.15, 0.2) is 0 Å². The number of amides is 2. The summed E-state index contributed by atoms with van der Waals surface area (Å²) >= 11 is 1.47. The molecule has 1 aromatic heterocycles. The first-order chi connectivity index (χ1) is 11.6. The molecule has 6 heteroatoms. The van der Waals surface area contributed by atoms with Crippen LogP contribution in [-0.4, -0.2) is 30.4 Å². The molecule has 1 aliphatic rings. The van der Waals surface area contributed by atoms with Crippen molar-refractivity contribution < 1.29 is 9.59 Å². The largest absolute Gasteiger partial charge is 0.348 e. The Morgan fingerprint density at radius 3 is 2.79 bits per heavy atom. The van der Waals surface area contributed by atoms with E-state index in [9.17, 15) is 9.59 Å². The number of hydrogen-bond donors (Lipinski definition) is 3. The average Bonchev–Trinajstić information content (AvgIpc) is 3.12. The maximum Gasteiger partial charge on any atom is 0.256 e. The molecular formula is C18H21N3O2S. The van der Waals surface area contributed by atoms with Gasteiger partial charge in [-0.25, -0.2) is 0 Å². The number of thiophene rings is 1. The van der Waals surface area contributed by atoms with Gasteiger partial charge in [-0.1, -0.05) is 12.1 Å². The summed E-state index contributed by atoms with van der Waals surface area (Å²) in [7, 11) is 0. The Morgan fingerprint density at radius 2 is 2.04 bits per heavy atom. The molecule has 2 amide bonds. The van der Waals surface area contributed by atoms with Crippen LogP contribution in [0.1, 0.15) is 40.5 Å². The van der Waals surface area contributed by atoms with Gasteiger partial charge in [0.2, 0.25) is 0 Å². The lowest BCUT2D eigenvalue weighted by Crippen LogP contribution is -2.52. The normalized spacial score (nSPS) is 20.4. The molecule has 2 unspecified atom stereocenters. The van der Waals surface area contributed by atoms with E-state index in [1.165, 1.54) is 11.3 Å². The van der Waals surface area contributed by atoms with Gasteiger partial charge in [0.05, 0.1) is 16.8 Å². The van der Waals surface area contributed by atoms with Crippen LogP contribution in [0.4, 0.5) is 5.69 Å². The zero-order valence-corrected chi connectivity index (χ0v) is 14.4. The molecule has 2 aromatic rings. The van der Waals surface area contributed by atoms with E-state index in [4.69, 9.17) is 0 Å². The summed E-state index contributed by atoms with van der Waals surface area (Å²) in [5, 5.41) is 12.9. The molecule has 3 rings (SSSR count). The molecular weight excluding hydrogens is 322 g/mol. The summed E-state index contributed by atoms with van der Waals surface area (Å²) < 4.78 is 0. The van der Waals surface area contributed by atoms with Crippen molar-refractivity contribution in [2.45, 2.75) is 31.8 Å². The molecule has 1 saturated heterocycles. The van der Waals surface area contributed by atoms with Crippen molar-refractivity contribution in [3.05, 3.63) is 52.2 Å². The van der Waals surface area contributed by atoms with E-state index in [-0.39, 0.29) is 23.9 Å². The maximum atomic E-state index is 12.7. The van der Waals surface area contributed by atoms with E-state index in [2.05, 4.69) is 22.9 Å². The van der Waals surface area contributed by atoms with Gasteiger partial charge < -0.3 is 16.0 Å². The van der Waals surface area contributed by atoms with Crippen LogP contribution in [0.3, 0.4) is 0 Å². The van der Waals surface area contributed by atoms with Gasteiger partial charge in [0.1, 0.15) is 0 Å². The van der Waals surface area contributed by atoms with Gasteiger partial charge in [0, 0.05) is 17.5 Å². The van der Waals surface area contributed by atoms with Crippen molar-refractivity contribution >= 4 is 28.8 Å². The molecule has 1 aromatic carbocycles. The molecule has 3 N–H and O–H groups in total. The van der Waals surface area contributed by atoms with Crippen molar-refractivity contribution in [3.63, 3.8) is 0 Å². The monoisotopic (exact) mass is 343 g/mol. The first kappa shape index (κ1) is 16.7. The molecule has 5 nitrogen and oxygen atoms in total. The van der Waals surface area contributed by atoms with E-state index >= 15 is 0 Å². The smallest absolute Gasteiger partial charge is 0.256 e. The minimum atomic E-state index is -0.204. The number of rotatable bonds is 4. The predicted octanol–water partition coefficient (Wildman–Crippen LogP) is 2.87. The number of nitrogens with one attached hydrogen (secondary N) is 3. The van der Waals surface area contributed by atoms with Gasteiger partial charge in [-0.2, -0.15) is 11.3 Å². The second-order valence-corrected chi connectivity index (χ2v) is 6.76. The third-order valence-corrected chi connectivity index (χ3v) is 4.96. The lowest BCUT2D eigenvalue weighted by atomic mass is 9.99. The summed E-state index contributed by atoms with van der Waals surface area (Å²) in [5.74, 6) is -0.360. The van der Waals surface area contributed by atoms with E-state index in [1.807, 2.05) is 11.4 Å². The number of hydrogen-bond acceptors (Lipinski definition) is 4. The number of carbonyl (C=O) groups excluding carboxylic acids is 2. The summed E-state index contributed by atoms with van der Waals surface area (Å²) in [6.45, 7) is 3.06. The molecule has 0 radical (unpaired) electrons. The fourth-order valence-electron chi connectivity index (χ4n) is 2.87. The predicted molar refractivity (Wildman–Crippen MR) is 96.7 cm³/mol. The lowest BCUT2D eigenvalue weighted by Gasteiger charge is -2.30. The van der Waals surface area contributed by atoms with Crippen molar-refractivity contribution in [1.82, 2.24) is 10.6 Å². The van der Waals surface area contributed by atoms with Crippen LogP contribution in [0.25, 0.3) is 0 Å². The van der Waals surface area contributed by atoms with E-state index < -0.39 is 0 Å². The van der Waals surface area contributed by atoms with Crippen LogP contribution in [-0.2, 0) is 0 Å². The lowest BCUT2D eigenvalue weighted by molar-refractivity contribution is 0.0920. The Hall–Kier alpha value is -2.18.